The van der Waals surface area contributed by atoms with E-state index in [1.165, 1.54) is 16.7 Å². The molecule has 0 aromatic heterocycles. The highest BCUT2D eigenvalue weighted by molar-refractivity contribution is 5.68. The maximum absolute atomic E-state index is 5.49. The quantitative estimate of drug-likeness (QED) is 0.505. The molecular formula is C18H26O3. The summed E-state index contributed by atoms with van der Waals surface area (Å²) in [7, 11) is 1.66. The fourth-order valence-electron chi connectivity index (χ4n) is 1.77. The van der Waals surface area contributed by atoms with Gasteiger partial charge in [-0.15, -0.1) is 0 Å². The van der Waals surface area contributed by atoms with Crippen molar-refractivity contribution in [1.82, 2.24) is 0 Å². The summed E-state index contributed by atoms with van der Waals surface area (Å²) in [6.07, 6.45) is 3.90. The van der Waals surface area contributed by atoms with Gasteiger partial charge in [-0.3, -0.25) is 0 Å². The molecule has 0 fully saturated rings. The van der Waals surface area contributed by atoms with Crippen LogP contribution in [0, 0.1) is 0 Å². The van der Waals surface area contributed by atoms with Crippen molar-refractivity contribution < 1.29 is 14.2 Å². The van der Waals surface area contributed by atoms with Crippen molar-refractivity contribution in [1.29, 1.82) is 0 Å². The zero-order valence-electron chi connectivity index (χ0n) is 13.5. The van der Waals surface area contributed by atoms with Gasteiger partial charge in [0.05, 0.1) is 26.1 Å². The molecule has 0 bridgehead atoms. The standard InChI is InChI=1S/C18H26O3/c1-5-15(2)17-6-8-18(9-7-17)16(3)14-21-13-12-20-11-10-19-4/h5-9,14H,10-13H2,1-4H3/b15-5+,16-14+. The molecule has 0 aliphatic heterocycles. The Hall–Kier alpha value is -1.58. The molecule has 0 spiro atoms. The second kappa shape index (κ2) is 10.2. The minimum absolute atomic E-state index is 0.552. The maximum atomic E-state index is 5.49. The van der Waals surface area contributed by atoms with Gasteiger partial charge in [-0.05, 0) is 43.0 Å². The van der Waals surface area contributed by atoms with Gasteiger partial charge in [0.25, 0.3) is 0 Å². The molecule has 21 heavy (non-hydrogen) atoms. The average Bonchev–Trinajstić information content (AvgIpc) is 2.53. The van der Waals surface area contributed by atoms with Crippen LogP contribution < -0.4 is 0 Å². The Bertz CT molecular complexity index is 458. The van der Waals surface area contributed by atoms with Crippen LogP contribution in [0.5, 0.6) is 0 Å². The number of ether oxygens (including phenoxy) is 3. The van der Waals surface area contributed by atoms with Crippen LogP contribution in [0.2, 0.25) is 0 Å². The Balaban J connectivity index is 2.40. The summed E-state index contributed by atoms with van der Waals surface area (Å²) < 4.78 is 15.7. The molecule has 1 aromatic carbocycles. The minimum atomic E-state index is 0.552. The second-order valence-electron chi connectivity index (χ2n) is 4.83. The van der Waals surface area contributed by atoms with E-state index in [1.807, 2.05) is 6.92 Å². The Morgan fingerprint density at radius 2 is 1.48 bits per heavy atom. The molecule has 0 N–H and O–H groups in total. The highest BCUT2D eigenvalue weighted by atomic mass is 16.5. The summed E-state index contributed by atoms with van der Waals surface area (Å²) in [5, 5.41) is 0. The normalized spacial score (nSPS) is 12.6. The first kappa shape index (κ1) is 17.5. The minimum Gasteiger partial charge on any atom is -0.498 e. The first-order valence-corrected chi connectivity index (χ1v) is 7.27. The van der Waals surface area contributed by atoms with Gasteiger partial charge in [0.1, 0.15) is 6.61 Å². The summed E-state index contributed by atoms with van der Waals surface area (Å²) in [5.41, 5.74) is 4.81. The van der Waals surface area contributed by atoms with Crippen molar-refractivity contribution in [2.75, 3.05) is 33.5 Å². The van der Waals surface area contributed by atoms with E-state index in [0.717, 1.165) is 5.57 Å². The Labute approximate surface area is 128 Å². The van der Waals surface area contributed by atoms with Gasteiger partial charge < -0.3 is 14.2 Å². The van der Waals surface area contributed by atoms with E-state index < -0.39 is 0 Å². The Morgan fingerprint density at radius 1 is 0.905 bits per heavy atom. The molecule has 0 unspecified atom stereocenters. The van der Waals surface area contributed by atoms with Crippen LogP contribution in [0.15, 0.2) is 36.6 Å². The monoisotopic (exact) mass is 290 g/mol. The topological polar surface area (TPSA) is 27.7 Å². The maximum Gasteiger partial charge on any atom is 0.111 e. The smallest absolute Gasteiger partial charge is 0.111 e. The molecule has 116 valence electrons. The highest BCUT2D eigenvalue weighted by Crippen LogP contribution is 2.18. The number of rotatable bonds is 9. The van der Waals surface area contributed by atoms with Crippen LogP contribution >= 0.6 is 0 Å². The Kier molecular flexibility index (Phi) is 8.48. The van der Waals surface area contributed by atoms with E-state index in [-0.39, 0.29) is 0 Å². The number of methoxy groups -OCH3 is 1. The van der Waals surface area contributed by atoms with E-state index in [9.17, 15) is 0 Å². The molecule has 0 heterocycles. The van der Waals surface area contributed by atoms with Gasteiger partial charge in [-0.2, -0.15) is 0 Å². The summed E-state index contributed by atoms with van der Waals surface area (Å²) >= 11 is 0. The first-order chi connectivity index (χ1) is 10.2. The van der Waals surface area contributed by atoms with E-state index in [0.29, 0.717) is 26.4 Å². The van der Waals surface area contributed by atoms with E-state index in [4.69, 9.17) is 14.2 Å². The van der Waals surface area contributed by atoms with Crippen LogP contribution in [-0.2, 0) is 14.2 Å². The number of hydrogen-bond acceptors (Lipinski definition) is 3. The summed E-state index contributed by atoms with van der Waals surface area (Å²) in [5.74, 6) is 0. The molecule has 1 aromatic rings. The number of benzene rings is 1. The van der Waals surface area contributed by atoms with Crippen molar-refractivity contribution in [3.63, 3.8) is 0 Å². The summed E-state index contributed by atoms with van der Waals surface area (Å²) in [6, 6.07) is 8.50. The molecule has 0 radical (unpaired) electrons. The predicted octanol–water partition coefficient (Wildman–Crippen LogP) is 4.15. The van der Waals surface area contributed by atoms with Gasteiger partial charge in [-0.1, -0.05) is 30.3 Å². The molecule has 0 saturated heterocycles. The summed E-state index contributed by atoms with van der Waals surface area (Å²) in [6.45, 7) is 8.56. The van der Waals surface area contributed by atoms with Gasteiger partial charge in [0.15, 0.2) is 0 Å². The Morgan fingerprint density at radius 3 is 2.05 bits per heavy atom. The van der Waals surface area contributed by atoms with Crippen LogP contribution in [0.4, 0.5) is 0 Å². The molecule has 3 nitrogen and oxygen atoms in total. The van der Waals surface area contributed by atoms with Gasteiger partial charge >= 0.3 is 0 Å². The van der Waals surface area contributed by atoms with Crippen LogP contribution in [-0.4, -0.2) is 33.5 Å². The van der Waals surface area contributed by atoms with Crippen molar-refractivity contribution in [3.05, 3.63) is 47.7 Å². The second-order valence-corrected chi connectivity index (χ2v) is 4.83. The third-order valence-electron chi connectivity index (χ3n) is 3.27. The third kappa shape index (κ3) is 6.61. The molecule has 0 amide bonds. The molecule has 0 aliphatic rings. The average molecular weight is 290 g/mol. The fraction of sp³-hybridized carbons (Fsp3) is 0.444. The van der Waals surface area contributed by atoms with Crippen LogP contribution in [0.1, 0.15) is 31.9 Å². The first-order valence-electron chi connectivity index (χ1n) is 7.27. The van der Waals surface area contributed by atoms with E-state index in [1.54, 1.807) is 13.4 Å². The van der Waals surface area contributed by atoms with Crippen molar-refractivity contribution in [2.45, 2.75) is 20.8 Å². The lowest BCUT2D eigenvalue weighted by Gasteiger charge is -2.07. The van der Waals surface area contributed by atoms with Gasteiger partial charge in [0.2, 0.25) is 0 Å². The van der Waals surface area contributed by atoms with E-state index in [2.05, 4.69) is 44.2 Å². The molecule has 1 rings (SSSR count). The fourth-order valence-corrected chi connectivity index (χ4v) is 1.77. The number of allylic oxidation sites excluding steroid dienone is 3. The lowest BCUT2D eigenvalue weighted by atomic mass is 10.0. The highest BCUT2D eigenvalue weighted by Gasteiger charge is 1.98. The SMILES string of the molecule is C/C=C(\C)c1ccc(/C(C)=C/OCCOCCOC)cc1. The number of hydrogen-bond donors (Lipinski definition) is 0. The molecule has 0 atom stereocenters. The van der Waals surface area contributed by atoms with Crippen molar-refractivity contribution >= 4 is 11.1 Å². The van der Waals surface area contributed by atoms with E-state index >= 15 is 0 Å². The van der Waals surface area contributed by atoms with Crippen LogP contribution in [0.3, 0.4) is 0 Å². The largest absolute Gasteiger partial charge is 0.498 e. The molecule has 0 aliphatic carbocycles. The van der Waals surface area contributed by atoms with Crippen molar-refractivity contribution in [3.8, 4) is 0 Å². The summed E-state index contributed by atoms with van der Waals surface area (Å²) in [4.78, 5) is 0. The van der Waals surface area contributed by atoms with Crippen molar-refractivity contribution in [2.24, 2.45) is 0 Å². The molecular weight excluding hydrogens is 264 g/mol. The zero-order valence-corrected chi connectivity index (χ0v) is 13.5. The lowest BCUT2D eigenvalue weighted by molar-refractivity contribution is 0.0465. The lowest BCUT2D eigenvalue weighted by Crippen LogP contribution is -2.06. The van der Waals surface area contributed by atoms with Crippen LogP contribution in [0.25, 0.3) is 11.1 Å². The third-order valence-corrected chi connectivity index (χ3v) is 3.27. The zero-order chi connectivity index (χ0) is 15.5. The van der Waals surface area contributed by atoms with Gasteiger partial charge in [0, 0.05) is 7.11 Å². The predicted molar refractivity (Wildman–Crippen MR) is 88.1 cm³/mol. The van der Waals surface area contributed by atoms with Gasteiger partial charge in [-0.25, -0.2) is 0 Å². The molecule has 0 saturated carbocycles. The molecule has 3 heteroatoms.